The Morgan fingerprint density at radius 3 is 2.13 bits per heavy atom. The molecule has 0 saturated carbocycles. The van der Waals surface area contributed by atoms with Gasteiger partial charge in [-0.05, 0) is 59.2 Å². The van der Waals surface area contributed by atoms with Crippen LogP contribution in [0.3, 0.4) is 0 Å². The molecule has 0 bridgehead atoms. The third kappa shape index (κ3) is 5.76. The van der Waals surface area contributed by atoms with E-state index in [4.69, 9.17) is 4.74 Å². The summed E-state index contributed by atoms with van der Waals surface area (Å²) in [5.41, 5.74) is 3.72. The zero-order valence-corrected chi connectivity index (χ0v) is 17.1. The van der Waals surface area contributed by atoms with Crippen molar-refractivity contribution in [3.05, 3.63) is 126 Å². The standard InChI is InChI=1S/C26H23N3O2/c30-26(24-8-10-25(11-9-24)31-20-22-5-2-1-3-6-22)29(18-21-12-15-27-16-13-21)19-23-7-4-14-28-17-23/h1-17H,18-20H2. The fourth-order valence-electron chi connectivity index (χ4n) is 3.24. The summed E-state index contributed by atoms with van der Waals surface area (Å²) in [6.07, 6.45) is 6.99. The van der Waals surface area contributed by atoms with Crippen LogP contribution < -0.4 is 4.74 Å². The molecule has 4 rings (SSSR count). The second-order valence-corrected chi connectivity index (χ2v) is 7.18. The number of aromatic nitrogens is 2. The van der Waals surface area contributed by atoms with Crippen LogP contribution in [-0.2, 0) is 19.7 Å². The van der Waals surface area contributed by atoms with E-state index in [0.717, 1.165) is 22.4 Å². The van der Waals surface area contributed by atoms with Crippen molar-refractivity contribution in [3.8, 4) is 5.75 Å². The molecule has 0 fully saturated rings. The van der Waals surface area contributed by atoms with Gasteiger partial charge in [0.2, 0.25) is 0 Å². The van der Waals surface area contributed by atoms with Crippen LogP contribution >= 0.6 is 0 Å². The van der Waals surface area contributed by atoms with Crippen molar-refractivity contribution in [2.45, 2.75) is 19.7 Å². The highest BCUT2D eigenvalue weighted by Crippen LogP contribution is 2.18. The van der Waals surface area contributed by atoms with E-state index in [-0.39, 0.29) is 5.91 Å². The lowest BCUT2D eigenvalue weighted by atomic mass is 10.1. The Morgan fingerprint density at radius 2 is 1.42 bits per heavy atom. The minimum Gasteiger partial charge on any atom is -0.489 e. The van der Waals surface area contributed by atoms with Crippen molar-refractivity contribution in [1.82, 2.24) is 14.9 Å². The molecule has 0 N–H and O–H groups in total. The number of benzene rings is 2. The molecule has 5 heteroatoms. The quantitative estimate of drug-likeness (QED) is 0.415. The minimum atomic E-state index is -0.0460. The number of pyridine rings is 2. The van der Waals surface area contributed by atoms with E-state index in [0.29, 0.717) is 25.3 Å². The maximum absolute atomic E-state index is 13.3. The molecule has 2 aromatic heterocycles. The fraction of sp³-hybridized carbons (Fsp3) is 0.115. The Morgan fingerprint density at radius 1 is 0.710 bits per heavy atom. The number of ether oxygens (including phenoxy) is 1. The number of hydrogen-bond acceptors (Lipinski definition) is 4. The van der Waals surface area contributed by atoms with Gasteiger partial charge in [0.05, 0.1) is 0 Å². The first-order valence-corrected chi connectivity index (χ1v) is 10.1. The molecule has 154 valence electrons. The van der Waals surface area contributed by atoms with Gasteiger partial charge >= 0.3 is 0 Å². The van der Waals surface area contributed by atoms with Crippen molar-refractivity contribution >= 4 is 5.91 Å². The third-order valence-electron chi connectivity index (χ3n) is 4.86. The highest BCUT2D eigenvalue weighted by atomic mass is 16.5. The van der Waals surface area contributed by atoms with Gasteiger partial charge in [-0.1, -0.05) is 36.4 Å². The van der Waals surface area contributed by atoms with Crippen LogP contribution in [0.2, 0.25) is 0 Å². The van der Waals surface area contributed by atoms with E-state index in [1.807, 2.05) is 83.8 Å². The van der Waals surface area contributed by atoms with Crippen LogP contribution in [0.15, 0.2) is 104 Å². The highest BCUT2D eigenvalue weighted by Gasteiger charge is 2.17. The first-order chi connectivity index (χ1) is 15.3. The number of carbonyl (C=O) groups is 1. The van der Waals surface area contributed by atoms with E-state index in [1.165, 1.54) is 0 Å². The first-order valence-electron chi connectivity index (χ1n) is 10.1. The van der Waals surface area contributed by atoms with Gasteiger partial charge in [-0.3, -0.25) is 14.8 Å². The minimum absolute atomic E-state index is 0.0460. The van der Waals surface area contributed by atoms with E-state index in [9.17, 15) is 4.79 Å². The molecule has 2 aromatic carbocycles. The predicted octanol–water partition coefficient (Wildman–Crippen LogP) is 4.90. The normalized spacial score (nSPS) is 10.5. The number of carbonyl (C=O) groups excluding carboxylic acids is 1. The SMILES string of the molecule is O=C(c1ccc(OCc2ccccc2)cc1)N(Cc1ccncc1)Cc1cccnc1. The molecule has 31 heavy (non-hydrogen) atoms. The van der Waals surface area contributed by atoms with Crippen molar-refractivity contribution in [1.29, 1.82) is 0 Å². The molecule has 0 spiro atoms. The lowest BCUT2D eigenvalue weighted by Crippen LogP contribution is -2.30. The van der Waals surface area contributed by atoms with Crippen LogP contribution in [0.4, 0.5) is 0 Å². The second-order valence-electron chi connectivity index (χ2n) is 7.18. The van der Waals surface area contributed by atoms with Gasteiger partial charge in [0, 0.05) is 43.4 Å². The smallest absolute Gasteiger partial charge is 0.254 e. The van der Waals surface area contributed by atoms with E-state index >= 15 is 0 Å². The van der Waals surface area contributed by atoms with Gasteiger partial charge < -0.3 is 9.64 Å². The summed E-state index contributed by atoms with van der Waals surface area (Å²) in [6, 6.07) is 25.0. The van der Waals surface area contributed by atoms with Gasteiger partial charge in [0.1, 0.15) is 12.4 Å². The average Bonchev–Trinajstić information content (AvgIpc) is 2.84. The molecule has 2 heterocycles. The van der Waals surface area contributed by atoms with Gasteiger partial charge in [-0.25, -0.2) is 0 Å². The molecule has 5 nitrogen and oxygen atoms in total. The number of rotatable bonds is 8. The molecule has 0 aliphatic heterocycles. The molecule has 4 aromatic rings. The molecular weight excluding hydrogens is 386 g/mol. The Hall–Kier alpha value is -3.99. The third-order valence-corrected chi connectivity index (χ3v) is 4.86. The molecule has 0 aliphatic rings. The summed E-state index contributed by atoms with van der Waals surface area (Å²) in [5.74, 6) is 0.684. The number of hydrogen-bond donors (Lipinski definition) is 0. The van der Waals surface area contributed by atoms with E-state index in [1.54, 1.807) is 24.8 Å². The van der Waals surface area contributed by atoms with Crippen LogP contribution in [0, 0.1) is 0 Å². The average molecular weight is 409 g/mol. The van der Waals surface area contributed by atoms with Crippen molar-refractivity contribution in [3.63, 3.8) is 0 Å². The van der Waals surface area contributed by atoms with Gasteiger partial charge in [0.15, 0.2) is 0 Å². The summed E-state index contributed by atoms with van der Waals surface area (Å²) in [6.45, 7) is 1.45. The number of amides is 1. The number of nitrogens with zero attached hydrogens (tertiary/aromatic N) is 3. The van der Waals surface area contributed by atoms with Crippen LogP contribution in [0.25, 0.3) is 0 Å². The molecule has 1 amide bonds. The molecule has 0 unspecified atom stereocenters. The Kier molecular flexibility index (Phi) is 6.65. The van der Waals surface area contributed by atoms with Gasteiger partial charge in [0.25, 0.3) is 5.91 Å². The Balaban J connectivity index is 1.47. The first kappa shape index (κ1) is 20.3. The molecule has 0 saturated heterocycles. The molecular formula is C26H23N3O2. The largest absolute Gasteiger partial charge is 0.489 e. The van der Waals surface area contributed by atoms with Crippen molar-refractivity contribution < 1.29 is 9.53 Å². The van der Waals surface area contributed by atoms with Crippen molar-refractivity contribution in [2.24, 2.45) is 0 Å². The zero-order valence-electron chi connectivity index (χ0n) is 17.1. The summed E-state index contributed by atoms with van der Waals surface area (Å²) in [7, 11) is 0. The van der Waals surface area contributed by atoms with E-state index < -0.39 is 0 Å². The summed E-state index contributed by atoms with van der Waals surface area (Å²) >= 11 is 0. The van der Waals surface area contributed by atoms with Crippen LogP contribution in [0.5, 0.6) is 5.75 Å². The summed E-state index contributed by atoms with van der Waals surface area (Å²) in [4.78, 5) is 23.3. The van der Waals surface area contributed by atoms with E-state index in [2.05, 4.69) is 9.97 Å². The Bertz CT molecular complexity index is 1040. The molecule has 0 atom stereocenters. The lowest BCUT2D eigenvalue weighted by Gasteiger charge is -2.23. The molecule has 0 radical (unpaired) electrons. The maximum atomic E-state index is 13.3. The Labute approximate surface area is 182 Å². The maximum Gasteiger partial charge on any atom is 0.254 e. The molecule has 0 aliphatic carbocycles. The summed E-state index contributed by atoms with van der Waals surface area (Å²) in [5, 5.41) is 0. The topological polar surface area (TPSA) is 55.3 Å². The second kappa shape index (κ2) is 10.2. The zero-order chi connectivity index (χ0) is 21.3. The fourth-order valence-corrected chi connectivity index (χ4v) is 3.24. The van der Waals surface area contributed by atoms with Crippen molar-refractivity contribution in [2.75, 3.05) is 0 Å². The predicted molar refractivity (Wildman–Crippen MR) is 119 cm³/mol. The van der Waals surface area contributed by atoms with Gasteiger partial charge in [-0.2, -0.15) is 0 Å². The lowest BCUT2D eigenvalue weighted by molar-refractivity contribution is 0.0730. The van der Waals surface area contributed by atoms with Crippen LogP contribution in [0.1, 0.15) is 27.0 Å². The highest BCUT2D eigenvalue weighted by molar-refractivity contribution is 5.94. The monoisotopic (exact) mass is 409 g/mol. The summed E-state index contributed by atoms with van der Waals surface area (Å²) < 4.78 is 5.84. The van der Waals surface area contributed by atoms with Crippen LogP contribution in [-0.4, -0.2) is 20.8 Å². The van der Waals surface area contributed by atoms with Gasteiger partial charge in [-0.15, -0.1) is 0 Å².